The normalized spacial score (nSPS) is 11.8. The highest BCUT2D eigenvalue weighted by Crippen LogP contribution is 2.18. The highest BCUT2D eigenvalue weighted by atomic mass is 79.9. The Hall–Kier alpha value is -0.223. The van der Waals surface area contributed by atoms with Gasteiger partial charge in [0.1, 0.15) is 11.6 Å². The molecular formula is C9H11BrF2Si. The summed E-state index contributed by atoms with van der Waals surface area (Å²) in [5, 5.41) is 0.521. The molecule has 0 saturated carbocycles. The van der Waals surface area contributed by atoms with Gasteiger partial charge < -0.3 is 0 Å². The van der Waals surface area contributed by atoms with Gasteiger partial charge in [-0.15, -0.1) is 0 Å². The molecule has 0 aliphatic rings. The van der Waals surface area contributed by atoms with E-state index in [-0.39, 0.29) is 16.1 Å². The molecule has 4 heteroatoms. The average Bonchev–Trinajstić information content (AvgIpc) is 1.95. The Morgan fingerprint density at radius 1 is 1.08 bits per heavy atom. The second-order valence-corrected chi connectivity index (χ2v) is 9.76. The van der Waals surface area contributed by atoms with Crippen molar-refractivity contribution in [3.05, 3.63) is 28.2 Å². The summed E-state index contributed by atoms with van der Waals surface area (Å²) < 4.78 is 26.7. The molecule has 0 N–H and O–H groups in total. The molecule has 0 aromatic heterocycles. The molecular weight excluding hydrogens is 254 g/mol. The van der Waals surface area contributed by atoms with E-state index in [0.29, 0.717) is 5.19 Å². The van der Waals surface area contributed by atoms with Crippen molar-refractivity contribution in [3.8, 4) is 0 Å². The van der Waals surface area contributed by atoms with E-state index in [0.717, 1.165) is 6.07 Å². The number of halogens is 3. The van der Waals surface area contributed by atoms with Crippen molar-refractivity contribution < 1.29 is 8.78 Å². The van der Waals surface area contributed by atoms with E-state index < -0.39 is 8.07 Å². The molecule has 0 bridgehead atoms. The highest BCUT2D eigenvalue weighted by molar-refractivity contribution is 9.10. The number of hydrogen-bond acceptors (Lipinski definition) is 0. The fourth-order valence-corrected chi connectivity index (χ4v) is 4.90. The van der Waals surface area contributed by atoms with E-state index in [1.54, 1.807) is 0 Å². The van der Waals surface area contributed by atoms with Gasteiger partial charge in [-0.2, -0.15) is 0 Å². The minimum absolute atomic E-state index is 0.284. The molecule has 13 heavy (non-hydrogen) atoms. The number of hydrogen-bond donors (Lipinski definition) is 0. The fraction of sp³-hybridized carbons (Fsp3) is 0.333. The van der Waals surface area contributed by atoms with Crippen LogP contribution in [0.3, 0.4) is 0 Å². The van der Waals surface area contributed by atoms with Gasteiger partial charge in [-0.3, -0.25) is 0 Å². The summed E-state index contributed by atoms with van der Waals surface area (Å²) >= 11 is 3.09. The zero-order valence-electron chi connectivity index (χ0n) is 7.79. The quantitative estimate of drug-likeness (QED) is 0.540. The van der Waals surface area contributed by atoms with Crippen LogP contribution >= 0.6 is 15.9 Å². The largest absolute Gasteiger partial charge is 0.207 e. The Morgan fingerprint density at radius 3 is 1.92 bits per heavy atom. The predicted octanol–water partition coefficient (Wildman–Crippen LogP) is 3.27. The molecule has 0 fully saturated rings. The molecule has 1 rings (SSSR count). The highest BCUT2D eigenvalue weighted by Gasteiger charge is 2.25. The van der Waals surface area contributed by atoms with Gasteiger partial charge in [0.15, 0.2) is 0 Å². The molecule has 1 aromatic rings. The maximum atomic E-state index is 13.4. The summed E-state index contributed by atoms with van der Waals surface area (Å²) in [6.45, 7) is 5.95. The van der Waals surface area contributed by atoms with E-state index in [9.17, 15) is 8.78 Å². The molecule has 0 radical (unpaired) electrons. The van der Waals surface area contributed by atoms with Crippen LogP contribution in [0.15, 0.2) is 16.6 Å². The maximum Gasteiger partial charge on any atom is 0.137 e. The standard InChI is InChI=1S/C9H11BrF2Si/c1-13(2,3)9-7(12)5-4-6(11)8(9)10/h4-5H,1-3H3. The fourth-order valence-electron chi connectivity index (χ4n) is 1.21. The van der Waals surface area contributed by atoms with Crippen LogP contribution < -0.4 is 5.19 Å². The zero-order chi connectivity index (χ0) is 10.2. The third-order valence-corrected chi connectivity index (χ3v) is 4.92. The SMILES string of the molecule is C[Si](C)(C)c1c(F)ccc(F)c1Br. The molecule has 0 heterocycles. The maximum absolute atomic E-state index is 13.4. The van der Waals surface area contributed by atoms with Gasteiger partial charge in [0, 0.05) is 0 Å². The first-order chi connectivity index (χ1) is 5.84. The first-order valence-electron chi connectivity index (χ1n) is 3.98. The van der Waals surface area contributed by atoms with Crippen molar-refractivity contribution in [2.75, 3.05) is 0 Å². The molecule has 0 unspecified atom stereocenters. The minimum atomic E-state index is -1.82. The minimum Gasteiger partial charge on any atom is -0.207 e. The molecule has 1 aromatic carbocycles. The first-order valence-corrected chi connectivity index (χ1v) is 8.27. The second-order valence-electron chi connectivity index (χ2n) is 3.97. The van der Waals surface area contributed by atoms with Crippen molar-refractivity contribution in [1.29, 1.82) is 0 Å². The van der Waals surface area contributed by atoms with Crippen LogP contribution in [0.2, 0.25) is 19.6 Å². The summed E-state index contributed by atoms with van der Waals surface area (Å²) in [6, 6.07) is 2.33. The molecule has 0 atom stereocenters. The Labute approximate surface area is 86.1 Å². The van der Waals surface area contributed by atoms with Gasteiger partial charge >= 0.3 is 0 Å². The molecule has 0 amide bonds. The summed E-state index contributed by atoms with van der Waals surface area (Å²) in [7, 11) is -1.82. The summed E-state index contributed by atoms with van der Waals surface area (Å²) in [5.41, 5.74) is 0. The van der Waals surface area contributed by atoms with Crippen LogP contribution in [0.1, 0.15) is 0 Å². The van der Waals surface area contributed by atoms with Crippen molar-refractivity contribution >= 4 is 29.2 Å². The van der Waals surface area contributed by atoms with Crippen molar-refractivity contribution in [2.45, 2.75) is 19.6 Å². The lowest BCUT2D eigenvalue weighted by atomic mass is 10.3. The Kier molecular flexibility index (Phi) is 2.92. The van der Waals surface area contributed by atoms with Gasteiger partial charge in [0.2, 0.25) is 0 Å². The number of rotatable bonds is 1. The summed E-state index contributed by atoms with van der Waals surface area (Å²) in [6.07, 6.45) is 0. The lowest BCUT2D eigenvalue weighted by molar-refractivity contribution is 0.600. The number of benzene rings is 1. The second kappa shape index (κ2) is 3.50. The first kappa shape index (κ1) is 10.9. The molecule has 0 nitrogen and oxygen atoms in total. The Morgan fingerprint density at radius 2 is 1.54 bits per heavy atom. The van der Waals surface area contributed by atoms with Gasteiger partial charge in [-0.05, 0) is 33.2 Å². The van der Waals surface area contributed by atoms with E-state index in [4.69, 9.17) is 0 Å². The smallest absolute Gasteiger partial charge is 0.137 e. The van der Waals surface area contributed by atoms with Gasteiger partial charge in [0.25, 0.3) is 0 Å². The monoisotopic (exact) mass is 264 g/mol. The van der Waals surface area contributed by atoms with Crippen LogP contribution in [0.5, 0.6) is 0 Å². The van der Waals surface area contributed by atoms with Crippen molar-refractivity contribution in [3.63, 3.8) is 0 Å². The van der Waals surface area contributed by atoms with E-state index in [1.165, 1.54) is 6.07 Å². The Bertz CT molecular complexity index is 331. The molecule has 0 saturated heterocycles. The van der Waals surface area contributed by atoms with Crippen molar-refractivity contribution in [1.82, 2.24) is 0 Å². The topological polar surface area (TPSA) is 0 Å². The van der Waals surface area contributed by atoms with E-state index >= 15 is 0 Å². The van der Waals surface area contributed by atoms with Crippen LogP contribution in [0, 0.1) is 11.6 Å². The lowest BCUT2D eigenvalue weighted by Crippen LogP contribution is -2.41. The van der Waals surface area contributed by atoms with Gasteiger partial charge in [0.05, 0.1) is 12.5 Å². The van der Waals surface area contributed by atoms with Gasteiger partial charge in [-0.1, -0.05) is 19.6 Å². The third kappa shape index (κ3) is 2.17. The lowest BCUT2D eigenvalue weighted by Gasteiger charge is -2.19. The molecule has 0 spiro atoms. The van der Waals surface area contributed by atoms with Crippen LogP contribution in [-0.4, -0.2) is 8.07 Å². The van der Waals surface area contributed by atoms with E-state index in [2.05, 4.69) is 15.9 Å². The van der Waals surface area contributed by atoms with Crippen LogP contribution in [0.25, 0.3) is 0 Å². The summed E-state index contributed by atoms with van der Waals surface area (Å²) in [5.74, 6) is -0.703. The third-order valence-electron chi connectivity index (χ3n) is 1.79. The zero-order valence-corrected chi connectivity index (χ0v) is 10.4. The predicted molar refractivity (Wildman–Crippen MR) is 57.0 cm³/mol. The average molecular weight is 265 g/mol. The van der Waals surface area contributed by atoms with Crippen LogP contribution in [0.4, 0.5) is 8.78 Å². The Balaban J connectivity index is 3.43. The van der Waals surface area contributed by atoms with Crippen molar-refractivity contribution in [2.24, 2.45) is 0 Å². The van der Waals surface area contributed by atoms with Gasteiger partial charge in [-0.25, -0.2) is 8.78 Å². The molecule has 0 aliphatic carbocycles. The molecule has 0 aliphatic heterocycles. The van der Waals surface area contributed by atoms with Crippen LogP contribution in [-0.2, 0) is 0 Å². The molecule has 72 valence electrons. The summed E-state index contributed by atoms with van der Waals surface area (Å²) in [4.78, 5) is 0. The van der Waals surface area contributed by atoms with E-state index in [1.807, 2.05) is 19.6 Å².